The first-order valence-electron chi connectivity index (χ1n) is 11.1. The Hall–Kier alpha value is -2.69. The molecule has 0 fully saturated rings. The first-order chi connectivity index (χ1) is 14.6. The standard InChI is InChI=1S/C25H32FN3O/c1-3-20(4-2)25(30)27-17-9-5-6-12-24-28-22-10-7-8-11-23(22)29(24)18-19-13-15-21(26)16-14-19/h7-8,10-11,13-16,20H,3-6,9,12,17-18H2,1-2H3,(H,27,30). The fraction of sp³-hybridized carbons (Fsp3) is 0.440. The maximum Gasteiger partial charge on any atom is 0.223 e. The molecule has 0 bridgehead atoms. The Morgan fingerprint density at radius 3 is 2.50 bits per heavy atom. The van der Waals surface area contributed by atoms with Gasteiger partial charge < -0.3 is 9.88 Å². The van der Waals surface area contributed by atoms with E-state index in [1.54, 1.807) is 0 Å². The van der Waals surface area contributed by atoms with Gasteiger partial charge in [0.2, 0.25) is 5.91 Å². The summed E-state index contributed by atoms with van der Waals surface area (Å²) in [5, 5.41) is 3.06. The predicted octanol–water partition coefficient (Wildman–Crippen LogP) is 5.49. The number of halogens is 1. The first kappa shape index (κ1) is 22.0. The van der Waals surface area contributed by atoms with Crippen molar-refractivity contribution in [1.82, 2.24) is 14.9 Å². The van der Waals surface area contributed by atoms with E-state index in [4.69, 9.17) is 4.98 Å². The van der Waals surface area contributed by atoms with Crippen molar-refractivity contribution < 1.29 is 9.18 Å². The highest BCUT2D eigenvalue weighted by molar-refractivity contribution is 5.78. The topological polar surface area (TPSA) is 46.9 Å². The van der Waals surface area contributed by atoms with Gasteiger partial charge in [-0.25, -0.2) is 9.37 Å². The molecule has 1 aromatic heterocycles. The zero-order valence-electron chi connectivity index (χ0n) is 18.0. The van der Waals surface area contributed by atoms with Crippen LogP contribution in [0.1, 0.15) is 57.3 Å². The number of nitrogens with one attached hydrogen (secondary N) is 1. The smallest absolute Gasteiger partial charge is 0.223 e. The minimum Gasteiger partial charge on any atom is -0.356 e. The summed E-state index contributed by atoms with van der Waals surface area (Å²) in [6.45, 7) is 5.54. The van der Waals surface area contributed by atoms with Crippen molar-refractivity contribution in [2.75, 3.05) is 6.54 Å². The lowest BCUT2D eigenvalue weighted by atomic mass is 10.0. The van der Waals surface area contributed by atoms with Gasteiger partial charge >= 0.3 is 0 Å². The molecule has 2 aromatic carbocycles. The molecule has 0 saturated carbocycles. The van der Waals surface area contributed by atoms with Crippen LogP contribution in [0.3, 0.4) is 0 Å². The van der Waals surface area contributed by atoms with Crippen molar-refractivity contribution in [3.8, 4) is 0 Å². The number of carbonyl (C=O) groups excluding carboxylic acids is 1. The van der Waals surface area contributed by atoms with Gasteiger partial charge in [-0.15, -0.1) is 0 Å². The van der Waals surface area contributed by atoms with E-state index in [0.717, 1.165) is 67.5 Å². The van der Waals surface area contributed by atoms with E-state index in [1.165, 1.54) is 12.1 Å². The number of carbonyl (C=O) groups is 1. The number of fused-ring (bicyclic) bond motifs is 1. The minimum atomic E-state index is -0.217. The summed E-state index contributed by atoms with van der Waals surface area (Å²) in [5.74, 6) is 1.16. The van der Waals surface area contributed by atoms with Gasteiger partial charge in [0.15, 0.2) is 0 Å². The molecule has 0 atom stereocenters. The van der Waals surface area contributed by atoms with Gasteiger partial charge in [0.1, 0.15) is 11.6 Å². The molecule has 0 aliphatic carbocycles. The quantitative estimate of drug-likeness (QED) is 0.426. The van der Waals surface area contributed by atoms with Crippen LogP contribution in [-0.2, 0) is 17.8 Å². The largest absolute Gasteiger partial charge is 0.356 e. The van der Waals surface area contributed by atoms with Gasteiger partial charge in [0, 0.05) is 25.4 Å². The Kier molecular flexibility index (Phi) is 8.00. The van der Waals surface area contributed by atoms with Crippen LogP contribution in [0.2, 0.25) is 0 Å². The number of aryl methyl sites for hydroxylation is 1. The van der Waals surface area contributed by atoms with E-state index in [2.05, 4.69) is 29.8 Å². The molecule has 4 nitrogen and oxygen atoms in total. The van der Waals surface area contributed by atoms with Crippen molar-refractivity contribution in [3.63, 3.8) is 0 Å². The van der Waals surface area contributed by atoms with Gasteiger partial charge in [-0.1, -0.05) is 44.5 Å². The number of rotatable bonds is 11. The highest BCUT2D eigenvalue weighted by Crippen LogP contribution is 2.20. The SMILES string of the molecule is CCC(CC)C(=O)NCCCCCc1nc2ccccc2n1Cc1ccc(F)cc1. The zero-order valence-corrected chi connectivity index (χ0v) is 18.0. The molecule has 160 valence electrons. The Labute approximate surface area is 178 Å². The van der Waals surface area contributed by atoms with Gasteiger partial charge in [0.25, 0.3) is 0 Å². The van der Waals surface area contributed by atoms with Crippen LogP contribution in [0.5, 0.6) is 0 Å². The molecule has 0 radical (unpaired) electrons. The van der Waals surface area contributed by atoms with Crippen LogP contribution >= 0.6 is 0 Å². The second kappa shape index (κ2) is 10.9. The molecule has 0 spiro atoms. The fourth-order valence-corrected chi connectivity index (χ4v) is 3.87. The fourth-order valence-electron chi connectivity index (χ4n) is 3.87. The number of unbranched alkanes of at least 4 members (excludes halogenated alkanes) is 2. The van der Waals surface area contributed by atoms with Crippen LogP contribution in [0.15, 0.2) is 48.5 Å². The monoisotopic (exact) mass is 409 g/mol. The Morgan fingerprint density at radius 1 is 1.03 bits per heavy atom. The number of nitrogens with zero attached hydrogens (tertiary/aromatic N) is 2. The highest BCUT2D eigenvalue weighted by Gasteiger charge is 2.13. The van der Waals surface area contributed by atoms with Crippen LogP contribution in [0.25, 0.3) is 11.0 Å². The maximum absolute atomic E-state index is 13.3. The Bertz CT molecular complexity index is 945. The molecule has 0 unspecified atom stereocenters. The lowest BCUT2D eigenvalue weighted by Gasteiger charge is -2.12. The predicted molar refractivity (Wildman–Crippen MR) is 120 cm³/mol. The van der Waals surface area contributed by atoms with Gasteiger partial charge in [0.05, 0.1) is 11.0 Å². The number of hydrogen-bond donors (Lipinski definition) is 1. The summed E-state index contributed by atoms with van der Waals surface area (Å²) in [4.78, 5) is 16.9. The molecule has 0 saturated heterocycles. The van der Waals surface area contributed by atoms with Crippen molar-refractivity contribution in [2.45, 2.75) is 58.9 Å². The van der Waals surface area contributed by atoms with E-state index in [1.807, 2.05) is 30.3 Å². The molecule has 0 aliphatic heterocycles. The second-order valence-corrected chi connectivity index (χ2v) is 7.84. The summed E-state index contributed by atoms with van der Waals surface area (Å²) in [6.07, 6.45) is 5.72. The van der Waals surface area contributed by atoms with Crippen molar-refractivity contribution in [2.24, 2.45) is 5.92 Å². The van der Waals surface area contributed by atoms with E-state index in [0.29, 0.717) is 6.54 Å². The lowest BCUT2D eigenvalue weighted by molar-refractivity contribution is -0.125. The van der Waals surface area contributed by atoms with Gasteiger partial charge in [-0.2, -0.15) is 0 Å². The molecule has 30 heavy (non-hydrogen) atoms. The third-order valence-corrected chi connectivity index (χ3v) is 5.72. The summed E-state index contributed by atoms with van der Waals surface area (Å²) < 4.78 is 15.5. The van der Waals surface area contributed by atoms with Gasteiger partial charge in [-0.05, 0) is 55.5 Å². The molecule has 1 N–H and O–H groups in total. The summed E-state index contributed by atoms with van der Waals surface area (Å²) in [7, 11) is 0. The minimum absolute atomic E-state index is 0.136. The van der Waals surface area contributed by atoms with Crippen molar-refractivity contribution in [1.29, 1.82) is 0 Å². The third-order valence-electron chi connectivity index (χ3n) is 5.72. The molecule has 3 aromatic rings. The van der Waals surface area contributed by atoms with E-state index in [-0.39, 0.29) is 17.6 Å². The summed E-state index contributed by atoms with van der Waals surface area (Å²) in [6, 6.07) is 14.8. The average molecular weight is 410 g/mol. The van der Waals surface area contributed by atoms with E-state index >= 15 is 0 Å². The lowest BCUT2D eigenvalue weighted by Crippen LogP contribution is -2.30. The maximum atomic E-state index is 13.3. The molecular formula is C25H32FN3O. The Morgan fingerprint density at radius 2 is 1.77 bits per heavy atom. The zero-order chi connectivity index (χ0) is 21.3. The van der Waals surface area contributed by atoms with Crippen LogP contribution in [0, 0.1) is 11.7 Å². The normalized spacial score (nSPS) is 11.3. The van der Waals surface area contributed by atoms with Gasteiger partial charge in [-0.3, -0.25) is 4.79 Å². The number of amides is 1. The number of para-hydroxylation sites is 2. The molecular weight excluding hydrogens is 377 g/mol. The van der Waals surface area contributed by atoms with Crippen molar-refractivity contribution >= 4 is 16.9 Å². The number of aromatic nitrogens is 2. The van der Waals surface area contributed by atoms with Crippen LogP contribution in [-0.4, -0.2) is 22.0 Å². The van der Waals surface area contributed by atoms with E-state index < -0.39 is 0 Å². The highest BCUT2D eigenvalue weighted by atomic mass is 19.1. The molecule has 1 amide bonds. The van der Waals surface area contributed by atoms with Crippen LogP contribution < -0.4 is 5.32 Å². The second-order valence-electron chi connectivity index (χ2n) is 7.84. The Balaban J connectivity index is 1.56. The average Bonchev–Trinajstić information content (AvgIpc) is 3.10. The molecule has 3 rings (SSSR count). The van der Waals surface area contributed by atoms with E-state index in [9.17, 15) is 9.18 Å². The number of benzene rings is 2. The number of imidazole rings is 1. The number of hydrogen-bond acceptors (Lipinski definition) is 2. The molecule has 5 heteroatoms. The molecule has 1 heterocycles. The van der Waals surface area contributed by atoms with Crippen LogP contribution in [0.4, 0.5) is 4.39 Å². The van der Waals surface area contributed by atoms with Crippen molar-refractivity contribution in [3.05, 3.63) is 65.7 Å². The molecule has 0 aliphatic rings. The first-order valence-corrected chi connectivity index (χ1v) is 11.1. The summed E-state index contributed by atoms with van der Waals surface area (Å²) >= 11 is 0. The third kappa shape index (κ3) is 5.68. The summed E-state index contributed by atoms with van der Waals surface area (Å²) in [5.41, 5.74) is 3.16.